The molecule has 2 N–H and O–H groups in total. The normalized spacial score (nSPS) is 23.0. The Morgan fingerprint density at radius 2 is 2.06 bits per heavy atom. The number of ether oxygens (including phenoxy) is 1. The van der Waals surface area contributed by atoms with E-state index in [4.69, 9.17) is 0 Å². The van der Waals surface area contributed by atoms with Gasteiger partial charge in [-0.05, 0) is 37.1 Å². The van der Waals surface area contributed by atoms with Gasteiger partial charge in [-0.25, -0.2) is 4.79 Å². The highest BCUT2D eigenvalue weighted by atomic mass is 35.5. The van der Waals surface area contributed by atoms with Crippen LogP contribution < -0.4 is 5.32 Å². The van der Waals surface area contributed by atoms with Gasteiger partial charge in [0, 0.05) is 6.04 Å². The van der Waals surface area contributed by atoms with Gasteiger partial charge in [0.2, 0.25) is 0 Å². The second kappa shape index (κ2) is 6.73. The van der Waals surface area contributed by atoms with Crippen LogP contribution in [0.4, 0.5) is 0 Å². The molecule has 18 heavy (non-hydrogen) atoms. The van der Waals surface area contributed by atoms with E-state index in [1.165, 1.54) is 7.11 Å². The minimum Gasteiger partial charge on any atom is -0.465 e. The molecule has 1 aliphatic heterocycles. The van der Waals surface area contributed by atoms with E-state index in [2.05, 4.69) is 10.1 Å². The number of carbonyl (C=O) groups excluding carboxylic acids is 1. The standard InChI is InChI=1S/C13H17NO3.ClH/c1-17-13(16)10-4-2-9(3-5-10)12-8-11(15)6-7-14-12;/h2-5,11-12,14-15H,6-8H2,1H3;1H/t11-,12-;/m0./s1. The van der Waals surface area contributed by atoms with Crippen molar-refractivity contribution in [1.82, 2.24) is 5.32 Å². The zero-order chi connectivity index (χ0) is 12.3. The number of hydrogen-bond donors (Lipinski definition) is 2. The molecule has 0 bridgehead atoms. The topological polar surface area (TPSA) is 58.6 Å². The van der Waals surface area contributed by atoms with Gasteiger partial charge in [-0.3, -0.25) is 0 Å². The van der Waals surface area contributed by atoms with Crippen LogP contribution >= 0.6 is 12.4 Å². The van der Waals surface area contributed by atoms with Crippen LogP contribution in [0.25, 0.3) is 0 Å². The van der Waals surface area contributed by atoms with Crippen LogP contribution in [0.3, 0.4) is 0 Å². The molecule has 4 nitrogen and oxygen atoms in total. The van der Waals surface area contributed by atoms with E-state index < -0.39 is 0 Å². The SMILES string of the molecule is COC(=O)c1ccc([C@@H]2C[C@@H](O)CCN2)cc1.Cl. The molecule has 1 fully saturated rings. The molecular weight excluding hydrogens is 254 g/mol. The lowest BCUT2D eigenvalue weighted by molar-refractivity contribution is 0.0600. The van der Waals surface area contributed by atoms with Crippen LogP contribution in [0, 0.1) is 0 Å². The summed E-state index contributed by atoms with van der Waals surface area (Å²) in [6.45, 7) is 0.824. The van der Waals surface area contributed by atoms with Crippen molar-refractivity contribution in [2.45, 2.75) is 25.0 Å². The number of aliphatic hydroxyl groups is 1. The fourth-order valence-electron chi connectivity index (χ4n) is 2.12. The predicted octanol–water partition coefficient (Wildman–Crippen LogP) is 1.68. The Bertz CT molecular complexity index is 394. The van der Waals surface area contributed by atoms with Gasteiger partial charge in [0.25, 0.3) is 0 Å². The maximum atomic E-state index is 11.3. The molecular formula is C13H18ClNO3. The monoisotopic (exact) mass is 271 g/mol. The number of aliphatic hydroxyl groups excluding tert-OH is 1. The molecule has 1 saturated heterocycles. The maximum absolute atomic E-state index is 11.3. The largest absolute Gasteiger partial charge is 0.465 e. The summed E-state index contributed by atoms with van der Waals surface area (Å²) in [5.74, 6) is -0.326. The highest BCUT2D eigenvalue weighted by Gasteiger charge is 2.20. The first-order chi connectivity index (χ1) is 8.20. The van der Waals surface area contributed by atoms with Crippen molar-refractivity contribution in [3.63, 3.8) is 0 Å². The first-order valence-electron chi connectivity index (χ1n) is 5.80. The van der Waals surface area contributed by atoms with Gasteiger partial charge in [-0.15, -0.1) is 12.4 Å². The summed E-state index contributed by atoms with van der Waals surface area (Å²) < 4.78 is 4.64. The lowest BCUT2D eigenvalue weighted by Gasteiger charge is -2.27. The van der Waals surface area contributed by atoms with E-state index in [0.29, 0.717) is 5.56 Å². The predicted molar refractivity (Wildman–Crippen MR) is 71.0 cm³/mol. The number of rotatable bonds is 2. The first-order valence-corrected chi connectivity index (χ1v) is 5.80. The summed E-state index contributed by atoms with van der Waals surface area (Å²) in [7, 11) is 1.37. The van der Waals surface area contributed by atoms with Crippen LogP contribution in [0.5, 0.6) is 0 Å². The Morgan fingerprint density at radius 3 is 2.61 bits per heavy atom. The van der Waals surface area contributed by atoms with Crippen molar-refractivity contribution in [2.75, 3.05) is 13.7 Å². The molecule has 100 valence electrons. The van der Waals surface area contributed by atoms with Crippen molar-refractivity contribution in [2.24, 2.45) is 0 Å². The number of benzene rings is 1. The molecule has 1 heterocycles. The first kappa shape index (κ1) is 15.0. The highest BCUT2D eigenvalue weighted by Crippen LogP contribution is 2.23. The number of hydrogen-bond acceptors (Lipinski definition) is 4. The second-order valence-electron chi connectivity index (χ2n) is 4.30. The lowest BCUT2D eigenvalue weighted by atomic mass is 9.95. The average molecular weight is 272 g/mol. The molecule has 2 rings (SSSR count). The van der Waals surface area contributed by atoms with Gasteiger partial charge in [0.15, 0.2) is 0 Å². The molecule has 1 aromatic carbocycles. The minimum absolute atomic E-state index is 0. The second-order valence-corrected chi connectivity index (χ2v) is 4.30. The van der Waals surface area contributed by atoms with Crippen LogP contribution in [0.1, 0.15) is 34.8 Å². The number of esters is 1. The average Bonchev–Trinajstić information content (AvgIpc) is 2.38. The molecule has 1 aromatic rings. The molecule has 2 atom stereocenters. The summed E-state index contributed by atoms with van der Waals surface area (Å²) in [6, 6.07) is 7.49. The van der Waals surface area contributed by atoms with Crippen molar-refractivity contribution in [1.29, 1.82) is 0 Å². The number of piperidine rings is 1. The number of carbonyl (C=O) groups is 1. The fourth-order valence-corrected chi connectivity index (χ4v) is 2.12. The quantitative estimate of drug-likeness (QED) is 0.804. The van der Waals surface area contributed by atoms with Gasteiger partial charge in [0.1, 0.15) is 0 Å². The zero-order valence-corrected chi connectivity index (χ0v) is 11.1. The van der Waals surface area contributed by atoms with Crippen molar-refractivity contribution >= 4 is 18.4 Å². The number of methoxy groups -OCH3 is 1. The van der Waals surface area contributed by atoms with Crippen LogP contribution in [-0.4, -0.2) is 30.8 Å². The molecule has 1 aliphatic rings. The van der Waals surface area contributed by atoms with Gasteiger partial charge in [0.05, 0.1) is 18.8 Å². The van der Waals surface area contributed by atoms with Crippen LogP contribution in [0.15, 0.2) is 24.3 Å². The summed E-state index contributed by atoms with van der Waals surface area (Å²) in [4.78, 5) is 11.3. The molecule has 0 unspecified atom stereocenters. The van der Waals surface area contributed by atoms with Crippen molar-refractivity contribution in [3.05, 3.63) is 35.4 Å². The van der Waals surface area contributed by atoms with E-state index in [1.54, 1.807) is 12.1 Å². The molecule has 0 saturated carbocycles. The lowest BCUT2D eigenvalue weighted by Crippen LogP contribution is -2.34. The Hall–Kier alpha value is -1.10. The van der Waals surface area contributed by atoms with Crippen molar-refractivity contribution < 1.29 is 14.6 Å². The summed E-state index contributed by atoms with van der Waals surface area (Å²) >= 11 is 0. The third-order valence-corrected chi connectivity index (χ3v) is 3.11. The van der Waals surface area contributed by atoms with E-state index >= 15 is 0 Å². The molecule has 0 aliphatic carbocycles. The molecule has 0 aromatic heterocycles. The third-order valence-electron chi connectivity index (χ3n) is 3.11. The Kier molecular flexibility index (Phi) is 5.59. The minimum atomic E-state index is -0.326. The third kappa shape index (κ3) is 3.45. The summed E-state index contributed by atoms with van der Waals surface area (Å²) in [5.41, 5.74) is 1.64. The van der Waals surface area contributed by atoms with Gasteiger partial charge >= 0.3 is 5.97 Å². The summed E-state index contributed by atoms with van der Waals surface area (Å²) in [6.07, 6.45) is 1.29. The molecule has 0 spiro atoms. The van der Waals surface area contributed by atoms with Crippen molar-refractivity contribution in [3.8, 4) is 0 Å². The highest BCUT2D eigenvalue weighted by molar-refractivity contribution is 5.89. The van der Waals surface area contributed by atoms with Crippen LogP contribution in [-0.2, 0) is 4.74 Å². The zero-order valence-electron chi connectivity index (χ0n) is 10.3. The van der Waals surface area contributed by atoms with E-state index in [9.17, 15) is 9.90 Å². The molecule has 5 heteroatoms. The Balaban J connectivity index is 0.00000162. The molecule has 0 radical (unpaired) electrons. The fraction of sp³-hybridized carbons (Fsp3) is 0.462. The van der Waals surface area contributed by atoms with E-state index in [0.717, 1.165) is 24.9 Å². The van der Waals surface area contributed by atoms with Gasteiger partial charge < -0.3 is 15.2 Å². The molecule has 0 amide bonds. The van der Waals surface area contributed by atoms with E-state index in [-0.39, 0.29) is 30.5 Å². The summed E-state index contributed by atoms with van der Waals surface area (Å²) in [5, 5.41) is 13.0. The Morgan fingerprint density at radius 1 is 1.39 bits per heavy atom. The number of halogens is 1. The number of nitrogens with one attached hydrogen (secondary N) is 1. The van der Waals surface area contributed by atoms with E-state index in [1.807, 2.05) is 12.1 Å². The Labute approximate surface area is 113 Å². The van der Waals surface area contributed by atoms with Crippen LogP contribution in [0.2, 0.25) is 0 Å². The maximum Gasteiger partial charge on any atom is 0.337 e. The van der Waals surface area contributed by atoms with Gasteiger partial charge in [-0.1, -0.05) is 12.1 Å². The van der Waals surface area contributed by atoms with Gasteiger partial charge in [-0.2, -0.15) is 0 Å². The smallest absolute Gasteiger partial charge is 0.337 e.